The molecule has 0 nitrogen and oxygen atoms in total. The molecule has 0 bridgehead atoms. The third-order valence-electron chi connectivity index (χ3n) is 4.00. The van der Waals surface area contributed by atoms with Crippen LogP contribution in [-0.4, -0.2) is 6.42 Å². The van der Waals surface area contributed by atoms with Crippen LogP contribution in [0.1, 0.15) is 0 Å². The summed E-state index contributed by atoms with van der Waals surface area (Å²) in [4.78, 5) is 0. The Balaban J connectivity index is 2.29. The summed E-state index contributed by atoms with van der Waals surface area (Å²) in [5, 5.41) is 3.35. The van der Waals surface area contributed by atoms with Gasteiger partial charge in [0.25, 0.3) is 0 Å². The Bertz CT molecular complexity index is 584. The zero-order valence-corrected chi connectivity index (χ0v) is 12.7. The van der Waals surface area contributed by atoms with Crippen LogP contribution in [0.15, 0.2) is 91.0 Å². The Morgan fingerprint density at radius 1 is 0.524 bits per heavy atom. The third-order valence-corrected chi connectivity index (χ3v) is 8.36. The quantitative estimate of drug-likeness (QED) is 0.645. The zero-order valence-electron chi connectivity index (χ0n) is 11.7. The standard InChI is InChI=1S/C19H18FP/c20-16-21(17-10-4-1-5-11-17,18-12-6-2-7-13-18)19-14-8-3-9-15-19/h1-15,21H,16H2. The predicted octanol–water partition coefficient (Wildman–Crippen LogP) is 3.64. The second kappa shape index (κ2) is 6.20. The second-order valence-electron chi connectivity index (χ2n) is 5.14. The van der Waals surface area contributed by atoms with Crippen molar-refractivity contribution >= 4 is 23.2 Å². The molecule has 2 heteroatoms. The summed E-state index contributed by atoms with van der Waals surface area (Å²) in [6.07, 6.45) is -0.328. The van der Waals surface area contributed by atoms with Gasteiger partial charge in [-0.1, -0.05) is 0 Å². The minimum absolute atomic E-state index is 0.328. The van der Waals surface area contributed by atoms with Crippen molar-refractivity contribution in [2.75, 3.05) is 6.42 Å². The summed E-state index contributed by atoms with van der Waals surface area (Å²) in [5.41, 5.74) is 0. The van der Waals surface area contributed by atoms with Gasteiger partial charge < -0.3 is 0 Å². The molecule has 0 aromatic heterocycles. The molecule has 0 amide bonds. The van der Waals surface area contributed by atoms with E-state index in [1.807, 2.05) is 54.6 Å². The van der Waals surface area contributed by atoms with Gasteiger partial charge in [-0.3, -0.25) is 0 Å². The van der Waals surface area contributed by atoms with Crippen LogP contribution in [-0.2, 0) is 0 Å². The number of halogens is 1. The van der Waals surface area contributed by atoms with E-state index in [0.717, 1.165) is 15.9 Å². The van der Waals surface area contributed by atoms with E-state index in [1.54, 1.807) is 0 Å². The molecule has 3 aromatic carbocycles. The van der Waals surface area contributed by atoms with Crippen molar-refractivity contribution in [2.45, 2.75) is 0 Å². The first-order valence-corrected chi connectivity index (χ1v) is 9.31. The summed E-state index contributed by atoms with van der Waals surface area (Å²) in [6, 6.07) is 30.3. The van der Waals surface area contributed by atoms with Gasteiger partial charge in [-0.25, -0.2) is 0 Å². The van der Waals surface area contributed by atoms with Crippen molar-refractivity contribution in [3.63, 3.8) is 0 Å². The zero-order chi connectivity index (χ0) is 14.5. The van der Waals surface area contributed by atoms with Crippen LogP contribution in [0.5, 0.6) is 0 Å². The van der Waals surface area contributed by atoms with Gasteiger partial charge in [-0.15, -0.1) is 0 Å². The number of alkyl halides is 1. The van der Waals surface area contributed by atoms with E-state index in [2.05, 4.69) is 36.4 Å². The van der Waals surface area contributed by atoms with E-state index in [1.165, 1.54) is 0 Å². The molecule has 0 saturated carbocycles. The van der Waals surface area contributed by atoms with Crippen molar-refractivity contribution in [1.29, 1.82) is 0 Å². The molecule has 0 N–H and O–H groups in total. The monoisotopic (exact) mass is 296 g/mol. The van der Waals surface area contributed by atoms with Gasteiger partial charge in [0.1, 0.15) is 0 Å². The molecule has 0 aliphatic heterocycles. The molecule has 0 radical (unpaired) electrons. The Morgan fingerprint density at radius 2 is 0.810 bits per heavy atom. The van der Waals surface area contributed by atoms with Crippen LogP contribution >= 0.6 is 7.26 Å². The predicted molar refractivity (Wildman–Crippen MR) is 92.5 cm³/mol. The molecule has 0 saturated heterocycles. The van der Waals surface area contributed by atoms with Gasteiger partial charge >= 0.3 is 125 Å². The molecular weight excluding hydrogens is 278 g/mol. The van der Waals surface area contributed by atoms with Crippen LogP contribution < -0.4 is 15.9 Å². The van der Waals surface area contributed by atoms with Crippen LogP contribution in [0.25, 0.3) is 0 Å². The Hall–Kier alpha value is -1.98. The molecule has 0 spiro atoms. The van der Waals surface area contributed by atoms with Gasteiger partial charge in [0.05, 0.1) is 0 Å². The van der Waals surface area contributed by atoms with Gasteiger partial charge in [0.2, 0.25) is 0 Å². The number of hydrogen-bond acceptors (Lipinski definition) is 0. The Kier molecular flexibility index (Phi) is 4.13. The normalized spacial score (nSPS) is 12.0. The van der Waals surface area contributed by atoms with Gasteiger partial charge in [0, 0.05) is 0 Å². The van der Waals surface area contributed by atoms with E-state index in [-0.39, 0.29) is 6.42 Å². The first-order valence-electron chi connectivity index (χ1n) is 7.10. The molecule has 3 rings (SSSR count). The fraction of sp³-hybridized carbons (Fsp3) is 0.0526. The second-order valence-corrected chi connectivity index (χ2v) is 8.95. The first-order chi connectivity index (χ1) is 10.4. The molecule has 0 aliphatic carbocycles. The number of rotatable bonds is 4. The molecule has 0 fully saturated rings. The third kappa shape index (κ3) is 2.50. The van der Waals surface area contributed by atoms with Crippen molar-refractivity contribution < 1.29 is 4.39 Å². The van der Waals surface area contributed by atoms with Crippen LogP contribution in [0.2, 0.25) is 0 Å². The van der Waals surface area contributed by atoms with Gasteiger partial charge in [0.15, 0.2) is 0 Å². The molecule has 0 aliphatic rings. The molecule has 0 atom stereocenters. The average molecular weight is 296 g/mol. The van der Waals surface area contributed by atoms with Crippen LogP contribution in [0.3, 0.4) is 0 Å². The first kappa shape index (κ1) is 14.0. The minimum atomic E-state index is -2.56. The van der Waals surface area contributed by atoms with Crippen LogP contribution in [0.4, 0.5) is 4.39 Å². The van der Waals surface area contributed by atoms with Crippen molar-refractivity contribution in [2.24, 2.45) is 0 Å². The van der Waals surface area contributed by atoms with Crippen molar-refractivity contribution in [1.82, 2.24) is 0 Å². The van der Waals surface area contributed by atoms with E-state index in [4.69, 9.17) is 0 Å². The maximum atomic E-state index is 14.4. The Morgan fingerprint density at radius 3 is 1.05 bits per heavy atom. The molecule has 0 unspecified atom stereocenters. The van der Waals surface area contributed by atoms with E-state index < -0.39 is 7.26 Å². The Labute approximate surface area is 125 Å². The molecule has 0 heterocycles. The summed E-state index contributed by atoms with van der Waals surface area (Å²) < 4.78 is 14.4. The molecule has 3 aromatic rings. The SMILES string of the molecule is FC[PH](c1ccccc1)(c1ccccc1)c1ccccc1. The molecular formula is C19H18FP. The van der Waals surface area contributed by atoms with E-state index in [9.17, 15) is 4.39 Å². The molecule has 21 heavy (non-hydrogen) atoms. The number of benzene rings is 3. The van der Waals surface area contributed by atoms with Crippen molar-refractivity contribution in [3.8, 4) is 0 Å². The van der Waals surface area contributed by atoms with Crippen LogP contribution in [0, 0.1) is 0 Å². The fourth-order valence-corrected chi connectivity index (χ4v) is 6.65. The topological polar surface area (TPSA) is 0 Å². The van der Waals surface area contributed by atoms with E-state index in [0.29, 0.717) is 0 Å². The average Bonchev–Trinajstić information content (AvgIpc) is 2.59. The summed E-state index contributed by atoms with van der Waals surface area (Å²) >= 11 is 0. The fourth-order valence-electron chi connectivity index (χ4n) is 2.90. The summed E-state index contributed by atoms with van der Waals surface area (Å²) in [7, 11) is -2.56. The molecule has 106 valence electrons. The van der Waals surface area contributed by atoms with Gasteiger partial charge in [-0.05, 0) is 0 Å². The van der Waals surface area contributed by atoms with Crippen molar-refractivity contribution in [3.05, 3.63) is 91.0 Å². The number of hydrogen-bond donors (Lipinski definition) is 0. The van der Waals surface area contributed by atoms with E-state index >= 15 is 0 Å². The summed E-state index contributed by atoms with van der Waals surface area (Å²) in [5.74, 6) is 0. The summed E-state index contributed by atoms with van der Waals surface area (Å²) in [6.45, 7) is 0. The maximum absolute atomic E-state index is 14.4. The van der Waals surface area contributed by atoms with Gasteiger partial charge in [-0.2, -0.15) is 0 Å².